The first-order valence-corrected chi connectivity index (χ1v) is 11.5. The predicted molar refractivity (Wildman–Crippen MR) is 128 cm³/mol. The number of amides is 2. The number of para-hydroxylation sites is 1. The van der Waals surface area contributed by atoms with E-state index in [0.29, 0.717) is 18.8 Å². The molecule has 31 heavy (non-hydrogen) atoms. The van der Waals surface area contributed by atoms with Crippen LogP contribution < -0.4 is 10.1 Å². The van der Waals surface area contributed by atoms with Gasteiger partial charge in [-0.2, -0.15) is 0 Å². The van der Waals surface area contributed by atoms with Crippen LogP contribution in [0.2, 0.25) is 0 Å². The molecule has 0 fully saturated rings. The molecule has 0 aliphatic carbocycles. The minimum atomic E-state index is -0.612. The lowest BCUT2D eigenvalue weighted by molar-refractivity contribution is -0.142. The maximum absolute atomic E-state index is 13.2. The summed E-state index contributed by atoms with van der Waals surface area (Å²) in [7, 11) is 0. The van der Waals surface area contributed by atoms with E-state index >= 15 is 0 Å². The second-order valence-electron chi connectivity index (χ2n) is 8.65. The maximum atomic E-state index is 13.2. The molecular weight excluding hydrogens is 456 g/mol. The smallest absolute Gasteiger partial charge is 0.261 e. The Labute approximate surface area is 194 Å². The van der Waals surface area contributed by atoms with Gasteiger partial charge in [0.15, 0.2) is 6.61 Å². The Bertz CT molecular complexity index is 892. The van der Waals surface area contributed by atoms with Crippen molar-refractivity contribution in [2.45, 2.75) is 59.0 Å². The molecule has 0 spiro atoms. The Morgan fingerprint density at radius 2 is 1.84 bits per heavy atom. The van der Waals surface area contributed by atoms with Crippen molar-refractivity contribution in [3.05, 3.63) is 64.1 Å². The number of carbonyl (C=O) groups excluding carboxylic acids is 2. The maximum Gasteiger partial charge on any atom is 0.261 e. The van der Waals surface area contributed by atoms with E-state index in [0.717, 1.165) is 22.0 Å². The van der Waals surface area contributed by atoms with Crippen LogP contribution in [0.3, 0.4) is 0 Å². The Morgan fingerprint density at radius 3 is 2.48 bits per heavy atom. The first-order valence-electron chi connectivity index (χ1n) is 10.7. The van der Waals surface area contributed by atoms with E-state index in [4.69, 9.17) is 4.74 Å². The number of nitrogens with zero attached hydrogens (tertiary/aromatic N) is 1. The molecule has 2 amide bonds. The standard InChI is InChI=1S/C25H33BrN2O3/c1-6-14-27-24(30)18(2)28(16-19-10-9-11-20(26)15-19)23(29)17-31-22-13-8-7-12-21(22)25(3,4)5/h7-13,15,18H,6,14,16-17H2,1-5H3,(H,27,30). The van der Waals surface area contributed by atoms with Crippen LogP contribution >= 0.6 is 15.9 Å². The third-order valence-corrected chi connectivity index (χ3v) is 5.50. The average Bonchev–Trinajstić information content (AvgIpc) is 2.73. The molecule has 0 radical (unpaired) electrons. The number of hydrogen-bond acceptors (Lipinski definition) is 3. The van der Waals surface area contributed by atoms with E-state index in [1.807, 2.05) is 55.5 Å². The van der Waals surface area contributed by atoms with E-state index in [9.17, 15) is 9.59 Å². The fraction of sp³-hybridized carbons (Fsp3) is 0.440. The molecule has 0 aliphatic heterocycles. The summed E-state index contributed by atoms with van der Waals surface area (Å²) in [6, 6.07) is 14.9. The van der Waals surface area contributed by atoms with Gasteiger partial charge in [-0.3, -0.25) is 9.59 Å². The van der Waals surface area contributed by atoms with Crippen molar-refractivity contribution in [2.24, 2.45) is 0 Å². The number of carbonyl (C=O) groups is 2. The van der Waals surface area contributed by atoms with E-state index in [2.05, 4.69) is 42.0 Å². The zero-order valence-corrected chi connectivity index (χ0v) is 20.7. The number of rotatable bonds is 9. The summed E-state index contributed by atoms with van der Waals surface area (Å²) < 4.78 is 6.87. The average molecular weight is 489 g/mol. The van der Waals surface area contributed by atoms with Crippen LogP contribution in [0.5, 0.6) is 5.75 Å². The molecule has 0 bridgehead atoms. The van der Waals surface area contributed by atoms with Crippen LogP contribution in [-0.4, -0.2) is 35.9 Å². The molecule has 1 unspecified atom stereocenters. The Kier molecular flexibility index (Phi) is 9.11. The minimum absolute atomic E-state index is 0.108. The van der Waals surface area contributed by atoms with Gasteiger partial charge in [-0.25, -0.2) is 0 Å². The third-order valence-electron chi connectivity index (χ3n) is 5.00. The Hall–Kier alpha value is -2.34. The molecule has 5 nitrogen and oxygen atoms in total. The normalized spacial score (nSPS) is 12.2. The second-order valence-corrected chi connectivity index (χ2v) is 9.57. The molecule has 0 heterocycles. The van der Waals surface area contributed by atoms with Gasteiger partial charge in [-0.15, -0.1) is 0 Å². The van der Waals surface area contributed by atoms with Crippen LogP contribution in [-0.2, 0) is 21.5 Å². The zero-order chi connectivity index (χ0) is 23.0. The lowest BCUT2D eigenvalue weighted by atomic mass is 9.86. The van der Waals surface area contributed by atoms with E-state index in [-0.39, 0.29) is 23.8 Å². The summed E-state index contributed by atoms with van der Waals surface area (Å²) in [4.78, 5) is 27.4. The van der Waals surface area contributed by atoms with Crippen molar-refractivity contribution in [3.8, 4) is 5.75 Å². The molecule has 2 rings (SSSR count). The third kappa shape index (κ3) is 7.39. The molecule has 0 aliphatic rings. The largest absolute Gasteiger partial charge is 0.483 e. The van der Waals surface area contributed by atoms with Crippen molar-refractivity contribution in [2.75, 3.05) is 13.2 Å². The summed E-state index contributed by atoms with van der Waals surface area (Å²) in [6.07, 6.45) is 0.838. The highest BCUT2D eigenvalue weighted by Gasteiger charge is 2.27. The van der Waals surface area contributed by atoms with Gasteiger partial charge in [0.2, 0.25) is 5.91 Å². The van der Waals surface area contributed by atoms with Gasteiger partial charge in [0, 0.05) is 17.6 Å². The number of nitrogens with one attached hydrogen (secondary N) is 1. The summed E-state index contributed by atoms with van der Waals surface area (Å²) in [5.41, 5.74) is 1.87. The fourth-order valence-corrected chi connectivity index (χ4v) is 3.69. The van der Waals surface area contributed by atoms with Crippen LogP contribution in [0.4, 0.5) is 0 Å². The van der Waals surface area contributed by atoms with Crippen molar-refractivity contribution >= 4 is 27.7 Å². The number of halogens is 1. The van der Waals surface area contributed by atoms with Gasteiger partial charge in [0.05, 0.1) is 0 Å². The van der Waals surface area contributed by atoms with Crippen molar-refractivity contribution in [1.29, 1.82) is 0 Å². The molecule has 2 aromatic carbocycles. The molecule has 0 aromatic heterocycles. The van der Waals surface area contributed by atoms with Gasteiger partial charge in [-0.05, 0) is 48.1 Å². The first kappa shape index (κ1) is 24.9. The first-order chi connectivity index (χ1) is 14.6. The predicted octanol–water partition coefficient (Wildman–Crippen LogP) is 5.07. The number of benzene rings is 2. The van der Waals surface area contributed by atoms with Gasteiger partial charge < -0.3 is 15.0 Å². The SMILES string of the molecule is CCCNC(=O)C(C)N(Cc1cccc(Br)c1)C(=O)COc1ccccc1C(C)(C)C. The van der Waals surface area contributed by atoms with Crippen LogP contribution in [0.25, 0.3) is 0 Å². The van der Waals surface area contributed by atoms with Crippen molar-refractivity contribution in [1.82, 2.24) is 10.2 Å². The van der Waals surface area contributed by atoms with Gasteiger partial charge in [0.1, 0.15) is 11.8 Å². The summed E-state index contributed by atoms with van der Waals surface area (Å²) in [6.45, 7) is 10.8. The topological polar surface area (TPSA) is 58.6 Å². The summed E-state index contributed by atoms with van der Waals surface area (Å²) >= 11 is 3.47. The second kappa shape index (κ2) is 11.3. The summed E-state index contributed by atoms with van der Waals surface area (Å²) in [5.74, 6) is 0.289. The van der Waals surface area contributed by atoms with E-state index in [1.54, 1.807) is 11.8 Å². The van der Waals surface area contributed by atoms with Gasteiger partial charge in [0.25, 0.3) is 5.91 Å². The summed E-state index contributed by atoms with van der Waals surface area (Å²) in [5, 5.41) is 2.88. The Morgan fingerprint density at radius 1 is 1.13 bits per heavy atom. The molecule has 1 N–H and O–H groups in total. The van der Waals surface area contributed by atoms with Crippen molar-refractivity contribution in [3.63, 3.8) is 0 Å². The number of ether oxygens (including phenoxy) is 1. The van der Waals surface area contributed by atoms with Gasteiger partial charge >= 0.3 is 0 Å². The highest BCUT2D eigenvalue weighted by molar-refractivity contribution is 9.10. The van der Waals surface area contributed by atoms with Crippen LogP contribution in [0.15, 0.2) is 53.0 Å². The molecule has 1 atom stereocenters. The molecule has 6 heteroatoms. The molecule has 168 valence electrons. The van der Waals surface area contributed by atoms with Crippen LogP contribution in [0, 0.1) is 0 Å². The van der Waals surface area contributed by atoms with Gasteiger partial charge in [-0.1, -0.05) is 74.0 Å². The number of hydrogen-bond donors (Lipinski definition) is 1. The molecule has 0 saturated carbocycles. The molecule has 0 saturated heterocycles. The minimum Gasteiger partial charge on any atom is -0.483 e. The van der Waals surface area contributed by atoms with E-state index < -0.39 is 6.04 Å². The van der Waals surface area contributed by atoms with Crippen LogP contribution in [0.1, 0.15) is 52.2 Å². The zero-order valence-electron chi connectivity index (χ0n) is 19.1. The lowest BCUT2D eigenvalue weighted by Gasteiger charge is -2.29. The highest BCUT2D eigenvalue weighted by Crippen LogP contribution is 2.31. The van der Waals surface area contributed by atoms with Crippen molar-refractivity contribution < 1.29 is 14.3 Å². The lowest BCUT2D eigenvalue weighted by Crippen LogP contribution is -2.49. The Balaban J connectivity index is 2.21. The highest BCUT2D eigenvalue weighted by atomic mass is 79.9. The molecule has 2 aromatic rings. The quantitative estimate of drug-likeness (QED) is 0.535. The van der Waals surface area contributed by atoms with E-state index in [1.165, 1.54) is 0 Å². The fourth-order valence-electron chi connectivity index (χ4n) is 3.25. The molecular formula is C25H33BrN2O3. The monoisotopic (exact) mass is 488 g/mol.